The van der Waals surface area contributed by atoms with Gasteiger partial charge in [0.15, 0.2) is 0 Å². The third-order valence-corrected chi connectivity index (χ3v) is 4.08. The van der Waals surface area contributed by atoms with Gasteiger partial charge in [0.2, 0.25) is 0 Å². The van der Waals surface area contributed by atoms with Crippen molar-refractivity contribution in [2.75, 3.05) is 25.2 Å². The van der Waals surface area contributed by atoms with Crippen molar-refractivity contribution in [3.05, 3.63) is 23.9 Å². The predicted molar refractivity (Wildman–Crippen MR) is 76.3 cm³/mol. The maximum atomic E-state index is 5.42. The number of anilines is 1. The molecule has 0 unspecified atom stereocenters. The van der Waals surface area contributed by atoms with Crippen LogP contribution >= 0.6 is 0 Å². The van der Waals surface area contributed by atoms with Gasteiger partial charge in [-0.15, -0.1) is 0 Å². The molecule has 0 radical (unpaired) electrons. The van der Waals surface area contributed by atoms with Gasteiger partial charge in [0.25, 0.3) is 0 Å². The molecule has 4 nitrogen and oxygen atoms in total. The number of pyridine rings is 1. The monoisotopic (exact) mass is 261 g/mol. The van der Waals surface area contributed by atoms with E-state index in [1.165, 1.54) is 18.4 Å². The number of hydrogen-bond acceptors (Lipinski definition) is 4. The van der Waals surface area contributed by atoms with E-state index in [2.05, 4.69) is 34.4 Å². The summed E-state index contributed by atoms with van der Waals surface area (Å²) in [5.74, 6) is 1.09. The topological polar surface area (TPSA) is 37.4 Å². The van der Waals surface area contributed by atoms with E-state index in [0.717, 1.165) is 44.5 Å². The fraction of sp³-hybridized carbons (Fsp3) is 0.667. The standard InChI is InChI=1S/C15H23N3O/c1-18(14-5-8-19-9-6-14)15-10-12(4-7-16-15)11-17-13-2-3-13/h4,7,10,13-14,17H,2-3,5-6,8-9,11H2,1H3. The first kappa shape index (κ1) is 12.9. The summed E-state index contributed by atoms with van der Waals surface area (Å²) in [5, 5.41) is 3.55. The molecule has 0 bridgehead atoms. The van der Waals surface area contributed by atoms with E-state index in [9.17, 15) is 0 Å². The molecule has 2 heterocycles. The Morgan fingerprint density at radius 1 is 1.32 bits per heavy atom. The molecule has 1 aliphatic carbocycles. The summed E-state index contributed by atoms with van der Waals surface area (Å²) >= 11 is 0. The van der Waals surface area contributed by atoms with Crippen LogP contribution in [0, 0.1) is 0 Å². The van der Waals surface area contributed by atoms with E-state index in [0.29, 0.717) is 6.04 Å². The molecular weight excluding hydrogens is 238 g/mol. The van der Waals surface area contributed by atoms with Crippen molar-refractivity contribution in [1.82, 2.24) is 10.3 Å². The highest BCUT2D eigenvalue weighted by Gasteiger charge is 2.21. The fourth-order valence-corrected chi connectivity index (χ4v) is 2.57. The normalized spacial score (nSPS) is 20.5. The Bertz CT molecular complexity index is 414. The number of aromatic nitrogens is 1. The molecule has 0 amide bonds. The van der Waals surface area contributed by atoms with Gasteiger partial charge in [-0.3, -0.25) is 0 Å². The van der Waals surface area contributed by atoms with Crippen molar-refractivity contribution in [3.63, 3.8) is 0 Å². The van der Waals surface area contributed by atoms with Gasteiger partial charge in [0, 0.05) is 45.1 Å². The van der Waals surface area contributed by atoms with Crippen molar-refractivity contribution < 1.29 is 4.74 Å². The number of nitrogens with one attached hydrogen (secondary N) is 1. The highest BCUT2D eigenvalue weighted by atomic mass is 16.5. The zero-order valence-corrected chi connectivity index (χ0v) is 11.6. The minimum Gasteiger partial charge on any atom is -0.381 e. The van der Waals surface area contributed by atoms with Crippen LogP contribution in [-0.4, -0.2) is 37.3 Å². The van der Waals surface area contributed by atoms with Gasteiger partial charge in [-0.2, -0.15) is 0 Å². The molecule has 2 fully saturated rings. The Balaban J connectivity index is 1.63. The summed E-state index contributed by atoms with van der Waals surface area (Å²) in [7, 11) is 2.15. The lowest BCUT2D eigenvalue weighted by Gasteiger charge is -2.32. The molecule has 4 heteroatoms. The maximum Gasteiger partial charge on any atom is 0.128 e. The summed E-state index contributed by atoms with van der Waals surface area (Å²) in [4.78, 5) is 6.82. The van der Waals surface area contributed by atoms with Gasteiger partial charge >= 0.3 is 0 Å². The molecule has 104 valence electrons. The quantitative estimate of drug-likeness (QED) is 0.879. The zero-order valence-electron chi connectivity index (χ0n) is 11.6. The van der Waals surface area contributed by atoms with Gasteiger partial charge in [-0.25, -0.2) is 4.98 Å². The number of nitrogens with zero attached hydrogens (tertiary/aromatic N) is 2. The molecule has 1 saturated carbocycles. The first-order valence-electron chi connectivity index (χ1n) is 7.32. The molecule has 2 aliphatic rings. The number of hydrogen-bond donors (Lipinski definition) is 1. The Kier molecular flexibility index (Phi) is 3.99. The molecule has 0 atom stereocenters. The summed E-state index contributed by atoms with van der Waals surface area (Å²) in [6, 6.07) is 5.64. The second-order valence-corrected chi connectivity index (χ2v) is 5.63. The molecule has 0 aromatic carbocycles. The summed E-state index contributed by atoms with van der Waals surface area (Å²) in [6.07, 6.45) is 6.79. The van der Waals surface area contributed by atoms with Gasteiger partial charge < -0.3 is 15.0 Å². The van der Waals surface area contributed by atoms with Gasteiger partial charge in [-0.1, -0.05) is 0 Å². The lowest BCUT2D eigenvalue weighted by atomic mass is 10.1. The minimum atomic E-state index is 0.563. The Labute approximate surface area is 115 Å². The maximum absolute atomic E-state index is 5.42. The summed E-state index contributed by atoms with van der Waals surface area (Å²) < 4.78 is 5.42. The van der Waals surface area contributed by atoms with Crippen LogP contribution in [0.3, 0.4) is 0 Å². The van der Waals surface area contributed by atoms with Crippen LogP contribution in [0.4, 0.5) is 5.82 Å². The molecule has 19 heavy (non-hydrogen) atoms. The lowest BCUT2D eigenvalue weighted by molar-refractivity contribution is 0.0853. The van der Waals surface area contributed by atoms with E-state index in [4.69, 9.17) is 4.74 Å². The highest BCUT2D eigenvalue weighted by Crippen LogP contribution is 2.22. The van der Waals surface area contributed by atoms with E-state index in [-0.39, 0.29) is 0 Å². The van der Waals surface area contributed by atoms with E-state index < -0.39 is 0 Å². The molecule has 1 saturated heterocycles. The van der Waals surface area contributed by atoms with Crippen LogP contribution in [-0.2, 0) is 11.3 Å². The van der Waals surface area contributed by atoms with Gasteiger partial charge in [-0.05, 0) is 43.4 Å². The second-order valence-electron chi connectivity index (χ2n) is 5.63. The third-order valence-electron chi connectivity index (χ3n) is 4.08. The fourth-order valence-electron chi connectivity index (χ4n) is 2.57. The van der Waals surface area contributed by atoms with Crippen LogP contribution in [0.5, 0.6) is 0 Å². The van der Waals surface area contributed by atoms with Gasteiger partial charge in [0.1, 0.15) is 5.82 Å². The molecule has 1 aromatic heterocycles. The first-order chi connectivity index (χ1) is 9.33. The Morgan fingerprint density at radius 2 is 2.11 bits per heavy atom. The van der Waals surface area contributed by atoms with E-state index >= 15 is 0 Å². The lowest BCUT2D eigenvalue weighted by Crippen LogP contribution is -2.37. The largest absolute Gasteiger partial charge is 0.381 e. The van der Waals surface area contributed by atoms with Crippen LogP contribution in [0.15, 0.2) is 18.3 Å². The minimum absolute atomic E-state index is 0.563. The average Bonchev–Trinajstić information content (AvgIpc) is 3.30. The molecule has 1 aromatic rings. The summed E-state index contributed by atoms with van der Waals surface area (Å²) in [6.45, 7) is 2.71. The van der Waals surface area contributed by atoms with Crippen LogP contribution in [0.1, 0.15) is 31.2 Å². The SMILES string of the molecule is CN(c1cc(CNC2CC2)ccn1)C1CCOCC1. The van der Waals surface area contributed by atoms with Crippen molar-refractivity contribution in [1.29, 1.82) is 0 Å². The predicted octanol–water partition coefficient (Wildman–Crippen LogP) is 1.95. The molecule has 1 aliphatic heterocycles. The van der Waals surface area contributed by atoms with Crippen LogP contribution in [0.2, 0.25) is 0 Å². The van der Waals surface area contributed by atoms with Crippen LogP contribution in [0.25, 0.3) is 0 Å². The number of ether oxygens (including phenoxy) is 1. The van der Waals surface area contributed by atoms with Crippen molar-refractivity contribution in [2.24, 2.45) is 0 Å². The Hall–Kier alpha value is -1.13. The average molecular weight is 261 g/mol. The van der Waals surface area contributed by atoms with Crippen molar-refractivity contribution >= 4 is 5.82 Å². The molecule has 3 rings (SSSR count). The highest BCUT2D eigenvalue weighted by molar-refractivity contribution is 5.41. The van der Waals surface area contributed by atoms with Crippen molar-refractivity contribution in [3.8, 4) is 0 Å². The van der Waals surface area contributed by atoms with E-state index in [1.54, 1.807) is 0 Å². The van der Waals surface area contributed by atoms with E-state index in [1.807, 2.05) is 6.20 Å². The number of rotatable bonds is 5. The van der Waals surface area contributed by atoms with Gasteiger partial charge in [0.05, 0.1) is 0 Å². The molecule has 1 N–H and O–H groups in total. The molecule has 0 spiro atoms. The third kappa shape index (κ3) is 3.45. The van der Waals surface area contributed by atoms with Crippen molar-refractivity contribution in [2.45, 2.75) is 44.3 Å². The summed E-state index contributed by atoms with van der Waals surface area (Å²) in [5.41, 5.74) is 1.33. The zero-order chi connectivity index (χ0) is 13.1. The second kappa shape index (κ2) is 5.88. The first-order valence-corrected chi connectivity index (χ1v) is 7.32. The molecular formula is C15H23N3O. The van der Waals surface area contributed by atoms with Crippen LogP contribution < -0.4 is 10.2 Å². The Morgan fingerprint density at radius 3 is 2.84 bits per heavy atom. The smallest absolute Gasteiger partial charge is 0.128 e.